The van der Waals surface area contributed by atoms with E-state index in [1.807, 2.05) is 24.3 Å². The highest BCUT2D eigenvalue weighted by Crippen LogP contribution is 2.36. The van der Waals surface area contributed by atoms with Crippen LogP contribution in [0.3, 0.4) is 0 Å². The fourth-order valence-electron chi connectivity index (χ4n) is 4.94. The van der Waals surface area contributed by atoms with E-state index in [1.54, 1.807) is 23.0 Å². The van der Waals surface area contributed by atoms with Crippen LogP contribution in [0.4, 0.5) is 5.95 Å². The number of nitrogens with zero attached hydrogens (tertiary/aromatic N) is 5. The van der Waals surface area contributed by atoms with Crippen LogP contribution in [-0.4, -0.2) is 55.7 Å². The number of aromatic nitrogens is 4. The molecule has 5 heterocycles. The SMILES string of the molecule is Nc1ncc(C(c2ccccc2)N2CCC3(CC2)NCNC3=O)c2nc(-c3ccco3)nn12. The maximum atomic E-state index is 12.4. The summed E-state index contributed by atoms with van der Waals surface area (Å²) in [5, 5.41) is 10.8. The molecule has 1 atom stereocenters. The van der Waals surface area contributed by atoms with Crippen molar-refractivity contribution in [1.82, 2.24) is 35.1 Å². The highest BCUT2D eigenvalue weighted by molar-refractivity contribution is 5.88. The molecule has 6 rings (SSSR count). The van der Waals surface area contributed by atoms with Gasteiger partial charge in [0, 0.05) is 24.8 Å². The Bertz CT molecular complexity index is 1290. The lowest BCUT2D eigenvalue weighted by molar-refractivity contribution is -0.125. The molecular weight excluding hydrogens is 420 g/mol. The number of amides is 1. The zero-order valence-electron chi connectivity index (χ0n) is 17.9. The number of hydrogen-bond acceptors (Lipinski definition) is 8. The number of hydrogen-bond donors (Lipinski definition) is 3. The Morgan fingerprint density at radius 3 is 2.64 bits per heavy atom. The van der Waals surface area contributed by atoms with Crippen LogP contribution in [0.15, 0.2) is 59.3 Å². The van der Waals surface area contributed by atoms with Crippen molar-refractivity contribution in [3.05, 3.63) is 66.1 Å². The van der Waals surface area contributed by atoms with Crippen molar-refractivity contribution in [3.63, 3.8) is 0 Å². The van der Waals surface area contributed by atoms with Gasteiger partial charge in [0.05, 0.1) is 19.0 Å². The molecule has 0 aliphatic carbocycles. The van der Waals surface area contributed by atoms with Gasteiger partial charge in [-0.3, -0.25) is 15.0 Å². The molecule has 33 heavy (non-hydrogen) atoms. The van der Waals surface area contributed by atoms with Crippen LogP contribution in [0.1, 0.15) is 30.0 Å². The van der Waals surface area contributed by atoms with Gasteiger partial charge >= 0.3 is 0 Å². The minimum absolute atomic E-state index is 0.0931. The highest BCUT2D eigenvalue weighted by atomic mass is 16.3. The van der Waals surface area contributed by atoms with Crippen molar-refractivity contribution in [3.8, 4) is 11.6 Å². The van der Waals surface area contributed by atoms with Crippen LogP contribution < -0.4 is 16.4 Å². The molecule has 2 fully saturated rings. The van der Waals surface area contributed by atoms with Gasteiger partial charge in [-0.15, -0.1) is 5.10 Å². The van der Waals surface area contributed by atoms with E-state index in [1.165, 1.54) is 0 Å². The van der Waals surface area contributed by atoms with E-state index >= 15 is 0 Å². The Hall–Kier alpha value is -3.76. The molecule has 1 aromatic carbocycles. The van der Waals surface area contributed by atoms with Gasteiger partial charge in [-0.05, 0) is 30.5 Å². The lowest BCUT2D eigenvalue weighted by Gasteiger charge is -2.41. The first-order valence-corrected chi connectivity index (χ1v) is 11.0. The summed E-state index contributed by atoms with van der Waals surface area (Å²) in [4.78, 5) is 24.0. The summed E-state index contributed by atoms with van der Waals surface area (Å²) in [6, 6.07) is 13.8. The quantitative estimate of drug-likeness (QED) is 0.433. The van der Waals surface area contributed by atoms with Gasteiger partial charge in [0.15, 0.2) is 11.4 Å². The first kappa shape index (κ1) is 19.9. The van der Waals surface area contributed by atoms with Crippen molar-refractivity contribution in [2.45, 2.75) is 24.4 Å². The van der Waals surface area contributed by atoms with Gasteiger partial charge in [0.25, 0.3) is 0 Å². The summed E-state index contributed by atoms with van der Waals surface area (Å²) in [6.07, 6.45) is 4.83. The van der Waals surface area contributed by atoms with E-state index in [-0.39, 0.29) is 17.9 Å². The Morgan fingerprint density at radius 2 is 1.94 bits per heavy atom. The largest absolute Gasteiger partial charge is 0.461 e. The standard InChI is InChI=1S/C23H24N8O2/c24-22-25-13-16(20-28-19(29-31(20)22)17-7-4-12-33-17)18(15-5-2-1-3-6-15)30-10-8-23(9-11-30)21(32)26-14-27-23/h1-7,12-13,18,27H,8-11,14H2,(H2,24,25)(H,26,32). The number of rotatable bonds is 4. The van der Waals surface area contributed by atoms with Crippen LogP contribution in [0.2, 0.25) is 0 Å². The number of nitrogens with one attached hydrogen (secondary N) is 2. The summed E-state index contributed by atoms with van der Waals surface area (Å²) in [7, 11) is 0. The molecule has 10 nitrogen and oxygen atoms in total. The van der Waals surface area contributed by atoms with Gasteiger partial charge in [-0.25, -0.2) is 9.97 Å². The third-order valence-corrected chi connectivity index (χ3v) is 6.70. The molecule has 2 saturated heterocycles. The second-order valence-electron chi connectivity index (χ2n) is 8.51. The molecule has 4 N–H and O–H groups in total. The zero-order valence-corrected chi connectivity index (χ0v) is 17.9. The van der Waals surface area contributed by atoms with E-state index in [9.17, 15) is 4.79 Å². The van der Waals surface area contributed by atoms with Gasteiger partial charge in [-0.1, -0.05) is 30.3 Å². The minimum atomic E-state index is -0.478. The Morgan fingerprint density at radius 1 is 1.12 bits per heavy atom. The number of furan rings is 1. The maximum Gasteiger partial charge on any atom is 0.241 e. The molecule has 0 radical (unpaired) electrons. The predicted molar refractivity (Wildman–Crippen MR) is 121 cm³/mol. The summed E-state index contributed by atoms with van der Waals surface area (Å²) < 4.78 is 7.07. The first-order chi connectivity index (χ1) is 16.1. The molecule has 2 aliphatic rings. The normalized spacial score (nSPS) is 19.2. The summed E-state index contributed by atoms with van der Waals surface area (Å²) in [6.45, 7) is 2.02. The van der Waals surface area contributed by atoms with Crippen molar-refractivity contribution in [2.24, 2.45) is 0 Å². The number of likely N-dealkylation sites (tertiary alicyclic amines) is 1. The highest BCUT2D eigenvalue weighted by Gasteiger charge is 2.45. The van der Waals surface area contributed by atoms with Gasteiger partial charge < -0.3 is 15.5 Å². The lowest BCUT2D eigenvalue weighted by Crippen LogP contribution is -2.55. The second-order valence-corrected chi connectivity index (χ2v) is 8.51. The third kappa shape index (κ3) is 3.26. The summed E-state index contributed by atoms with van der Waals surface area (Å²) in [5.41, 5.74) is 8.34. The summed E-state index contributed by atoms with van der Waals surface area (Å²) in [5.74, 6) is 1.38. The number of carbonyl (C=O) groups is 1. The molecule has 1 spiro atoms. The van der Waals surface area contributed by atoms with Gasteiger partial charge in [0.1, 0.15) is 5.54 Å². The van der Waals surface area contributed by atoms with E-state index in [4.69, 9.17) is 15.1 Å². The molecule has 1 amide bonds. The average Bonchev–Trinajstić information content (AvgIpc) is 3.59. The number of benzene rings is 1. The topological polar surface area (TPSA) is 127 Å². The number of anilines is 1. The molecule has 3 aromatic heterocycles. The maximum absolute atomic E-state index is 12.4. The lowest BCUT2D eigenvalue weighted by atomic mass is 9.85. The van der Waals surface area contributed by atoms with Gasteiger partial charge in [0.2, 0.25) is 17.7 Å². The fourth-order valence-corrected chi connectivity index (χ4v) is 4.94. The monoisotopic (exact) mass is 444 g/mol. The minimum Gasteiger partial charge on any atom is -0.461 e. The van der Waals surface area contributed by atoms with Gasteiger partial charge in [-0.2, -0.15) is 4.52 Å². The molecule has 1 unspecified atom stereocenters. The van der Waals surface area contributed by atoms with Crippen LogP contribution >= 0.6 is 0 Å². The first-order valence-electron chi connectivity index (χ1n) is 11.0. The fraction of sp³-hybridized carbons (Fsp3) is 0.304. The third-order valence-electron chi connectivity index (χ3n) is 6.70. The van der Waals surface area contributed by atoms with E-state index in [2.05, 4.69) is 37.7 Å². The molecule has 0 bridgehead atoms. The van der Waals surface area contributed by atoms with Crippen molar-refractivity contribution in [2.75, 3.05) is 25.5 Å². The molecule has 2 aliphatic heterocycles. The Balaban J connectivity index is 1.43. The van der Waals surface area contributed by atoms with E-state index in [0.717, 1.165) is 37.1 Å². The number of carbonyl (C=O) groups excluding carboxylic acids is 1. The number of nitrogen functional groups attached to an aromatic ring is 1. The number of piperidine rings is 1. The molecule has 168 valence electrons. The van der Waals surface area contributed by atoms with Crippen molar-refractivity contribution < 1.29 is 9.21 Å². The van der Waals surface area contributed by atoms with Crippen LogP contribution in [0.5, 0.6) is 0 Å². The Labute approximate surface area is 189 Å². The predicted octanol–water partition coefficient (Wildman–Crippen LogP) is 1.57. The van der Waals surface area contributed by atoms with Crippen molar-refractivity contribution in [1.29, 1.82) is 0 Å². The molecular formula is C23H24N8O2. The zero-order chi connectivity index (χ0) is 22.4. The van der Waals surface area contributed by atoms with Crippen molar-refractivity contribution >= 4 is 17.5 Å². The van der Waals surface area contributed by atoms with Crippen LogP contribution in [-0.2, 0) is 4.79 Å². The van der Waals surface area contributed by atoms with E-state index in [0.29, 0.717) is 23.9 Å². The summed E-state index contributed by atoms with van der Waals surface area (Å²) >= 11 is 0. The average molecular weight is 444 g/mol. The smallest absolute Gasteiger partial charge is 0.241 e. The van der Waals surface area contributed by atoms with E-state index < -0.39 is 5.54 Å². The van der Waals surface area contributed by atoms with Crippen LogP contribution in [0.25, 0.3) is 17.2 Å². The number of nitrogens with two attached hydrogens (primary N) is 1. The second kappa shape index (κ2) is 7.68. The Kier molecular flexibility index (Phi) is 4.63. The number of fused-ring (bicyclic) bond motifs is 1. The molecule has 0 saturated carbocycles. The van der Waals surface area contributed by atoms with Crippen LogP contribution in [0, 0.1) is 0 Å². The molecule has 10 heteroatoms. The molecule has 4 aromatic rings.